The molecule has 1 heterocycles. The number of nitrogens with two attached hydrogens (primary N) is 1. The fourth-order valence-corrected chi connectivity index (χ4v) is 2.67. The molecule has 1 saturated carbocycles. The Morgan fingerprint density at radius 3 is 2.24 bits per heavy atom. The maximum Gasteiger partial charge on any atom is 0.153 e. The number of hydrogen-bond donors (Lipinski definition) is 1. The smallest absolute Gasteiger partial charge is 0.153 e. The van der Waals surface area contributed by atoms with E-state index in [1.807, 2.05) is 11.7 Å². The zero-order valence-corrected chi connectivity index (χ0v) is 11.2. The van der Waals surface area contributed by atoms with E-state index in [4.69, 9.17) is 5.73 Å². The average Bonchev–Trinajstić information content (AvgIpc) is 2.53. The summed E-state index contributed by atoms with van der Waals surface area (Å²) in [6.07, 6.45) is 7.09. The first-order valence-electron chi connectivity index (χ1n) is 6.73. The van der Waals surface area contributed by atoms with E-state index in [-0.39, 0.29) is 5.54 Å². The lowest BCUT2D eigenvalue weighted by molar-refractivity contribution is 0.348. The second-order valence-corrected chi connectivity index (χ2v) is 5.64. The van der Waals surface area contributed by atoms with Gasteiger partial charge in [0.15, 0.2) is 5.82 Å². The Bertz CT molecular complexity index is 373. The van der Waals surface area contributed by atoms with Crippen molar-refractivity contribution in [3.05, 3.63) is 11.6 Å². The molecule has 2 rings (SSSR count). The maximum absolute atomic E-state index is 6.57. The van der Waals surface area contributed by atoms with Crippen LogP contribution in [-0.2, 0) is 12.6 Å². The van der Waals surface area contributed by atoms with Gasteiger partial charge in [0.1, 0.15) is 5.82 Å². The van der Waals surface area contributed by atoms with Crippen LogP contribution in [-0.4, -0.2) is 14.8 Å². The highest BCUT2D eigenvalue weighted by Gasteiger charge is 2.33. The van der Waals surface area contributed by atoms with Crippen LogP contribution in [0.5, 0.6) is 0 Å². The van der Waals surface area contributed by atoms with E-state index in [0.717, 1.165) is 24.5 Å². The molecule has 0 radical (unpaired) electrons. The molecule has 4 heteroatoms. The molecular formula is C13H24N4. The van der Waals surface area contributed by atoms with E-state index in [9.17, 15) is 0 Å². The van der Waals surface area contributed by atoms with Gasteiger partial charge in [0, 0.05) is 13.0 Å². The Balaban J connectivity index is 2.30. The number of nitrogens with zero attached hydrogens (tertiary/aromatic N) is 3. The van der Waals surface area contributed by atoms with Crippen LogP contribution in [0.4, 0.5) is 0 Å². The van der Waals surface area contributed by atoms with E-state index < -0.39 is 0 Å². The van der Waals surface area contributed by atoms with Gasteiger partial charge >= 0.3 is 0 Å². The molecule has 2 N–H and O–H groups in total. The van der Waals surface area contributed by atoms with Gasteiger partial charge in [0.2, 0.25) is 0 Å². The van der Waals surface area contributed by atoms with Crippen molar-refractivity contribution in [2.45, 2.75) is 63.8 Å². The SMILES string of the molecule is CC(C)c1nc(C2(N)CCCCCC2)n(C)n1. The minimum absolute atomic E-state index is 0.259. The maximum atomic E-state index is 6.57. The lowest BCUT2D eigenvalue weighted by Gasteiger charge is -2.26. The lowest BCUT2D eigenvalue weighted by atomic mass is 9.90. The normalized spacial score (nSPS) is 20.5. The van der Waals surface area contributed by atoms with E-state index in [1.165, 1.54) is 25.7 Å². The molecule has 0 atom stereocenters. The summed E-state index contributed by atoms with van der Waals surface area (Å²) in [6, 6.07) is 0. The Hall–Kier alpha value is -0.900. The number of aryl methyl sites for hydroxylation is 1. The monoisotopic (exact) mass is 236 g/mol. The first-order valence-corrected chi connectivity index (χ1v) is 6.73. The second kappa shape index (κ2) is 4.77. The molecule has 0 spiro atoms. The quantitative estimate of drug-likeness (QED) is 0.802. The zero-order valence-electron chi connectivity index (χ0n) is 11.2. The molecule has 1 aromatic rings. The van der Waals surface area contributed by atoms with Crippen LogP contribution in [0.15, 0.2) is 0 Å². The summed E-state index contributed by atoms with van der Waals surface area (Å²) >= 11 is 0. The van der Waals surface area contributed by atoms with E-state index in [0.29, 0.717) is 5.92 Å². The van der Waals surface area contributed by atoms with Crippen molar-refractivity contribution in [1.82, 2.24) is 14.8 Å². The molecule has 1 aliphatic carbocycles. The van der Waals surface area contributed by atoms with Gasteiger partial charge in [-0.25, -0.2) is 4.98 Å². The summed E-state index contributed by atoms with van der Waals surface area (Å²) < 4.78 is 1.89. The van der Waals surface area contributed by atoms with Gasteiger partial charge in [-0.05, 0) is 12.8 Å². The standard InChI is InChI=1S/C13H24N4/c1-10(2)11-15-12(17(3)16-11)13(14)8-6-4-5-7-9-13/h10H,4-9,14H2,1-3H3. The van der Waals surface area contributed by atoms with Crippen LogP contribution in [0.2, 0.25) is 0 Å². The summed E-state index contributed by atoms with van der Waals surface area (Å²) in [5.41, 5.74) is 6.31. The van der Waals surface area contributed by atoms with E-state index in [2.05, 4.69) is 23.9 Å². The number of hydrogen-bond acceptors (Lipinski definition) is 3. The highest BCUT2D eigenvalue weighted by molar-refractivity contribution is 5.09. The van der Waals surface area contributed by atoms with Crippen molar-refractivity contribution in [2.75, 3.05) is 0 Å². The summed E-state index contributed by atoms with van der Waals surface area (Å²) in [4.78, 5) is 4.67. The number of aromatic nitrogens is 3. The molecule has 0 aromatic carbocycles. The third-order valence-corrected chi connectivity index (χ3v) is 3.74. The Morgan fingerprint density at radius 2 is 1.76 bits per heavy atom. The first kappa shape index (κ1) is 12.6. The van der Waals surface area contributed by atoms with Crippen molar-refractivity contribution in [1.29, 1.82) is 0 Å². The highest BCUT2D eigenvalue weighted by Crippen LogP contribution is 2.32. The van der Waals surface area contributed by atoms with Crippen molar-refractivity contribution in [3.63, 3.8) is 0 Å². The summed E-state index contributed by atoms with van der Waals surface area (Å²) in [7, 11) is 1.97. The van der Waals surface area contributed by atoms with Crippen LogP contribution in [0.3, 0.4) is 0 Å². The molecule has 0 bridgehead atoms. The fraction of sp³-hybridized carbons (Fsp3) is 0.846. The zero-order chi connectivity index (χ0) is 12.5. The van der Waals surface area contributed by atoms with Crippen LogP contribution >= 0.6 is 0 Å². The predicted octanol–water partition coefficient (Wildman–Crippen LogP) is 2.45. The van der Waals surface area contributed by atoms with Gasteiger partial charge in [0.25, 0.3) is 0 Å². The molecule has 0 aliphatic heterocycles. The summed E-state index contributed by atoms with van der Waals surface area (Å²) in [5.74, 6) is 2.25. The van der Waals surface area contributed by atoms with Gasteiger partial charge in [-0.2, -0.15) is 5.10 Å². The molecule has 17 heavy (non-hydrogen) atoms. The Morgan fingerprint density at radius 1 is 1.18 bits per heavy atom. The molecule has 0 amide bonds. The second-order valence-electron chi connectivity index (χ2n) is 5.64. The largest absolute Gasteiger partial charge is 0.319 e. The van der Waals surface area contributed by atoms with E-state index >= 15 is 0 Å². The van der Waals surface area contributed by atoms with E-state index in [1.54, 1.807) is 0 Å². The first-order chi connectivity index (χ1) is 8.03. The molecule has 96 valence electrons. The third kappa shape index (κ3) is 2.51. The molecule has 0 saturated heterocycles. The molecule has 1 aromatic heterocycles. The van der Waals surface area contributed by atoms with Crippen LogP contribution < -0.4 is 5.73 Å². The van der Waals surface area contributed by atoms with Gasteiger partial charge in [-0.1, -0.05) is 39.5 Å². The number of rotatable bonds is 2. The van der Waals surface area contributed by atoms with Gasteiger partial charge in [0.05, 0.1) is 5.54 Å². The average molecular weight is 236 g/mol. The lowest BCUT2D eigenvalue weighted by Crippen LogP contribution is -2.38. The topological polar surface area (TPSA) is 56.7 Å². The molecule has 4 nitrogen and oxygen atoms in total. The fourth-order valence-electron chi connectivity index (χ4n) is 2.67. The van der Waals surface area contributed by atoms with Crippen molar-refractivity contribution < 1.29 is 0 Å². The molecule has 0 unspecified atom stereocenters. The summed E-state index contributed by atoms with van der Waals surface area (Å²) in [6.45, 7) is 4.24. The van der Waals surface area contributed by atoms with Gasteiger partial charge < -0.3 is 5.73 Å². The Labute approximate surface area is 104 Å². The van der Waals surface area contributed by atoms with Crippen LogP contribution in [0, 0.1) is 0 Å². The highest BCUT2D eigenvalue weighted by atomic mass is 15.3. The summed E-state index contributed by atoms with van der Waals surface area (Å²) in [5, 5.41) is 4.49. The van der Waals surface area contributed by atoms with Crippen LogP contribution in [0.25, 0.3) is 0 Å². The van der Waals surface area contributed by atoms with Gasteiger partial charge in [-0.3, -0.25) is 4.68 Å². The molecule has 1 aliphatic rings. The third-order valence-electron chi connectivity index (χ3n) is 3.74. The predicted molar refractivity (Wildman–Crippen MR) is 68.7 cm³/mol. The van der Waals surface area contributed by atoms with Crippen molar-refractivity contribution in [2.24, 2.45) is 12.8 Å². The minimum Gasteiger partial charge on any atom is -0.319 e. The van der Waals surface area contributed by atoms with Crippen molar-refractivity contribution in [3.8, 4) is 0 Å². The van der Waals surface area contributed by atoms with Gasteiger partial charge in [-0.15, -0.1) is 0 Å². The molecular weight excluding hydrogens is 212 g/mol. The Kier molecular flexibility index (Phi) is 3.52. The minimum atomic E-state index is -0.259. The van der Waals surface area contributed by atoms with Crippen molar-refractivity contribution >= 4 is 0 Å². The van der Waals surface area contributed by atoms with Crippen LogP contribution in [0.1, 0.15) is 69.9 Å². The molecule has 1 fully saturated rings.